The van der Waals surface area contributed by atoms with Gasteiger partial charge in [-0.25, -0.2) is 0 Å². The summed E-state index contributed by atoms with van der Waals surface area (Å²) in [5, 5.41) is 2.85. The zero-order valence-corrected chi connectivity index (χ0v) is 13.6. The third kappa shape index (κ3) is 3.60. The summed E-state index contributed by atoms with van der Waals surface area (Å²) in [5.41, 5.74) is 1.40. The SMILES string of the molecule is O=C1NC(c2ccc(OCC3COCCO3)cc2)Oc2ccccc21. The van der Waals surface area contributed by atoms with Crippen LogP contribution in [0.15, 0.2) is 48.5 Å². The van der Waals surface area contributed by atoms with Gasteiger partial charge in [-0.3, -0.25) is 4.79 Å². The third-order valence-electron chi connectivity index (χ3n) is 4.14. The molecule has 2 aliphatic rings. The largest absolute Gasteiger partial charge is 0.491 e. The van der Waals surface area contributed by atoms with Crippen LogP contribution in [-0.2, 0) is 9.47 Å². The van der Waals surface area contributed by atoms with Gasteiger partial charge < -0.3 is 24.3 Å². The topological polar surface area (TPSA) is 66.0 Å². The second kappa shape index (κ2) is 7.13. The molecule has 2 aromatic carbocycles. The molecular weight excluding hydrogens is 322 g/mol. The van der Waals surface area contributed by atoms with E-state index in [0.717, 1.165) is 11.3 Å². The highest BCUT2D eigenvalue weighted by molar-refractivity contribution is 5.97. The van der Waals surface area contributed by atoms with E-state index in [1.165, 1.54) is 0 Å². The van der Waals surface area contributed by atoms with Crippen molar-refractivity contribution in [3.05, 3.63) is 59.7 Å². The number of carbonyl (C=O) groups is 1. The summed E-state index contributed by atoms with van der Waals surface area (Å²) in [5.74, 6) is 1.19. The number of ether oxygens (including phenoxy) is 4. The van der Waals surface area contributed by atoms with Gasteiger partial charge in [0, 0.05) is 5.56 Å². The van der Waals surface area contributed by atoms with Crippen molar-refractivity contribution in [2.45, 2.75) is 12.3 Å². The summed E-state index contributed by atoms with van der Waals surface area (Å²) in [4.78, 5) is 12.2. The quantitative estimate of drug-likeness (QED) is 0.924. The Balaban J connectivity index is 1.40. The number of nitrogens with one attached hydrogen (secondary N) is 1. The Kier molecular flexibility index (Phi) is 4.54. The summed E-state index contributed by atoms with van der Waals surface area (Å²) in [6.07, 6.45) is -0.544. The highest BCUT2D eigenvalue weighted by Gasteiger charge is 2.26. The molecule has 0 aromatic heterocycles. The first-order valence-corrected chi connectivity index (χ1v) is 8.28. The minimum absolute atomic E-state index is 0.0362. The van der Waals surface area contributed by atoms with Crippen LogP contribution in [0.4, 0.5) is 0 Å². The molecular formula is C19H19NO5. The number of carbonyl (C=O) groups excluding carboxylic acids is 1. The average molecular weight is 341 g/mol. The van der Waals surface area contributed by atoms with Crippen molar-refractivity contribution in [3.63, 3.8) is 0 Å². The van der Waals surface area contributed by atoms with Crippen molar-refractivity contribution in [2.75, 3.05) is 26.4 Å². The maximum Gasteiger partial charge on any atom is 0.258 e. The Morgan fingerprint density at radius 2 is 1.92 bits per heavy atom. The lowest BCUT2D eigenvalue weighted by Crippen LogP contribution is -2.36. The molecule has 1 fully saturated rings. The first-order chi connectivity index (χ1) is 12.3. The number of fused-ring (bicyclic) bond motifs is 1. The van der Waals surface area contributed by atoms with Gasteiger partial charge in [-0.1, -0.05) is 12.1 Å². The van der Waals surface area contributed by atoms with Crippen LogP contribution in [-0.4, -0.2) is 38.4 Å². The molecule has 0 saturated carbocycles. The Bertz CT molecular complexity index is 740. The lowest BCUT2D eigenvalue weighted by Gasteiger charge is -2.27. The third-order valence-corrected chi connectivity index (χ3v) is 4.14. The summed E-state index contributed by atoms with van der Waals surface area (Å²) >= 11 is 0. The molecule has 2 aromatic rings. The fourth-order valence-corrected chi connectivity index (χ4v) is 2.82. The summed E-state index contributed by atoms with van der Waals surface area (Å²) < 4.78 is 22.5. The van der Waals surface area contributed by atoms with E-state index in [4.69, 9.17) is 18.9 Å². The normalized spacial score (nSPS) is 22.5. The van der Waals surface area contributed by atoms with Crippen molar-refractivity contribution in [1.82, 2.24) is 5.32 Å². The van der Waals surface area contributed by atoms with Crippen LogP contribution in [0.2, 0.25) is 0 Å². The number of hydrogen-bond donors (Lipinski definition) is 1. The first-order valence-electron chi connectivity index (χ1n) is 8.28. The molecule has 1 amide bonds. The van der Waals surface area contributed by atoms with E-state index in [2.05, 4.69) is 5.32 Å². The van der Waals surface area contributed by atoms with Crippen LogP contribution in [0, 0.1) is 0 Å². The molecule has 2 unspecified atom stereocenters. The van der Waals surface area contributed by atoms with Gasteiger partial charge in [-0.05, 0) is 36.4 Å². The van der Waals surface area contributed by atoms with Crippen LogP contribution < -0.4 is 14.8 Å². The van der Waals surface area contributed by atoms with Gasteiger partial charge in [-0.15, -0.1) is 0 Å². The van der Waals surface area contributed by atoms with Crippen LogP contribution in [0.25, 0.3) is 0 Å². The lowest BCUT2D eigenvalue weighted by molar-refractivity contribution is -0.101. The number of para-hydroxylation sites is 1. The van der Waals surface area contributed by atoms with E-state index in [1.807, 2.05) is 36.4 Å². The number of amides is 1. The highest BCUT2D eigenvalue weighted by Crippen LogP contribution is 2.29. The Labute approximate surface area is 145 Å². The maximum atomic E-state index is 12.2. The molecule has 0 aliphatic carbocycles. The predicted molar refractivity (Wildman–Crippen MR) is 89.8 cm³/mol. The molecule has 130 valence electrons. The molecule has 2 heterocycles. The second-order valence-corrected chi connectivity index (χ2v) is 5.92. The molecule has 6 nitrogen and oxygen atoms in total. The van der Waals surface area contributed by atoms with E-state index < -0.39 is 6.23 Å². The van der Waals surface area contributed by atoms with Gasteiger partial charge >= 0.3 is 0 Å². The number of rotatable bonds is 4. The van der Waals surface area contributed by atoms with Gasteiger partial charge in [-0.2, -0.15) is 0 Å². The smallest absolute Gasteiger partial charge is 0.258 e. The molecule has 1 N–H and O–H groups in total. The van der Waals surface area contributed by atoms with Crippen LogP contribution in [0.5, 0.6) is 11.5 Å². The molecule has 25 heavy (non-hydrogen) atoms. The van der Waals surface area contributed by atoms with Gasteiger partial charge in [0.15, 0.2) is 6.23 Å². The molecule has 2 aliphatic heterocycles. The Morgan fingerprint density at radius 3 is 2.72 bits per heavy atom. The molecule has 2 atom stereocenters. The standard InChI is InChI=1S/C19H19NO5/c21-18-16-3-1-2-4-17(16)25-19(20-18)13-5-7-14(8-6-13)24-12-15-11-22-9-10-23-15/h1-8,15,19H,9-12H2,(H,20,21). The van der Waals surface area contributed by atoms with Gasteiger partial charge in [0.25, 0.3) is 5.91 Å². The summed E-state index contributed by atoms with van der Waals surface area (Å²) in [7, 11) is 0. The minimum Gasteiger partial charge on any atom is -0.491 e. The molecule has 1 saturated heterocycles. The molecule has 0 bridgehead atoms. The molecule has 0 radical (unpaired) electrons. The highest BCUT2D eigenvalue weighted by atomic mass is 16.6. The van der Waals surface area contributed by atoms with Crippen LogP contribution in [0.1, 0.15) is 22.1 Å². The van der Waals surface area contributed by atoms with Gasteiger partial charge in [0.1, 0.15) is 24.2 Å². The molecule has 0 spiro atoms. The Hall–Kier alpha value is -2.57. The summed E-state index contributed by atoms with van der Waals surface area (Å²) in [6.45, 7) is 2.25. The van der Waals surface area contributed by atoms with E-state index >= 15 is 0 Å². The van der Waals surface area contributed by atoms with E-state index in [9.17, 15) is 4.79 Å². The average Bonchev–Trinajstić information content (AvgIpc) is 2.68. The number of hydrogen-bond acceptors (Lipinski definition) is 5. The zero-order valence-electron chi connectivity index (χ0n) is 13.6. The molecule has 4 rings (SSSR count). The molecule has 6 heteroatoms. The van der Waals surface area contributed by atoms with Crippen LogP contribution in [0.3, 0.4) is 0 Å². The minimum atomic E-state index is -0.508. The zero-order chi connectivity index (χ0) is 17.1. The van der Waals surface area contributed by atoms with Gasteiger partial charge in [0.2, 0.25) is 0 Å². The predicted octanol–water partition coefficient (Wildman–Crippen LogP) is 2.30. The monoisotopic (exact) mass is 341 g/mol. The second-order valence-electron chi connectivity index (χ2n) is 5.92. The van der Waals surface area contributed by atoms with E-state index in [0.29, 0.717) is 37.7 Å². The van der Waals surface area contributed by atoms with Crippen molar-refractivity contribution in [1.29, 1.82) is 0 Å². The fraction of sp³-hybridized carbons (Fsp3) is 0.316. The van der Waals surface area contributed by atoms with Crippen molar-refractivity contribution < 1.29 is 23.7 Å². The van der Waals surface area contributed by atoms with Crippen LogP contribution >= 0.6 is 0 Å². The maximum absolute atomic E-state index is 12.2. The fourth-order valence-electron chi connectivity index (χ4n) is 2.82. The summed E-state index contributed by atoms with van der Waals surface area (Å²) in [6, 6.07) is 14.7. The van der Waals surface area contributed by atoms with Gasteiger partial charge in [0.05, 0.1) is 25.4 Å². The van der Waals surface area contributed by atoms with E-state index in [-0.39, 0.29) is 12.0 Å². The lowest BCUT2D eigenvalue weighted by atomic mass is 10.1. The number of benzene rings is 2. The van der Waals surface area contributed by atoms with Crippen molar-refractivity contribution in [2.24, 2.45) is 0 Å². The van der Waals surface area contributed by atoms with Crippen molar-refractivity contribution >= 4 is 5.91 Å². The van der Waals surface area contributed by atoms with E-state index in [1.54, 1.807) is 12.1 Å². The first kappa shape index (κ1) is 15.9. The van der Waals surface area contributed by atoms with Crippen molar-refractivity contribution in [3.8, 4) is 11.5 Å². The Morgan fingerprint density at radius 1 is 1.08 bits per heavy atom.